The molecule has 0 aromatic heterocycles. The van der Waals surface area contributed by atoms with E-state index in [4.69, 9.17) is 4.84 Å². The predicted molar refractivity (Wildman–Crippen MR) is 50.9 cm³/mol. The molecule has 0 bridgehead atoms. The molecule has 1 N–H and O–H groups in total. The summed E-state index contributed by atoms with van der Waals surface area (Å²) in [5, 5.41) is 0. The van der Waals surface area contributed by atoms with Gasteiger partial charge in [-0.3, -0.25) is 0 Å². The lowest BCUT2D eigenvalue weighted by molar-refractivity contribution is 0.0543. The van der Waals surface area contributed by atoms with E-state index in [0.29, 0.717) is 6.04 Å². The van der Waals surface area contributed by atoms with Crippen molar-refractivity contribution in [3.8, 4) is 0 Å². The van der Waals surface area contributed by atoms with Gasteiger partial charge < -0.3 is 4.84 Å². The maximum Gasteiger partial charge on any atom is 0.0572 e. The molecule has 0 aliphatic heterocycles. The molecular formula is C10H21NO. The monoisotopic (exact) mass is 171 g/mol. The minimum Gasteiger partial charge on any atom is -0.305 e. The summed E-state index contributed by atoms with van der Waals surface area (Å²) in [7, 11) is 1.71. The fourth-order valence-corrected chi connectivity index (χ4v) is 1.92. The predicted octanol–water partition coefficient (Wildman–Crippen LogP) is 2.64. The number of nitrogens with one attached hydrogen (secondary N) is 1. The van der Waals surface area contributed by atoms with Crippen molar-refractivity contribution in [2.24, 2.45) is 0 Å². The Morgan fingerprint density at radius 1 is 0.917 bits per heavy atom. The van der Waals surface area contributed by atoms with Crippen molar-refractivity contribution in [2.75, 3.05) is 7.11 Å². The Morgan fingerprint density at radius 2 is 1.42 bits per heavy atom. The van der Waals surface area contributed by atoms with E-state index in [1.54, 1.807) is 7.11 Å². The van der Waals surface area contributed by atoms with Crippen LogP contribution >= 0.6 is 0 Å². The van der Waals surface area contributed by atoms with E-state index in [-0.39, 0.29) is 0 Å². The maximum atomic E-state index is 4.97. The molecule has 1 aliphatic rings. The molecule has 1 rings (SSSR count). The topological polar surface area (TPSA) is 21.3 Å². The second-order valence-electron chi connectivity index (χ2n) is 3.72. The van der Waals surface area contributed by atoms with Crippen LogP contribution in [0.4, 0.5) is 0 Å². The molecule has 2 heteroatoms. The van der Waals surface area contributed by atoms with Crippen molar-refractivity contribution < 1.29 is 4.84 Å². The van der Waals surface area contributed by atoms with Crippen LogP contribution in [0.3, 0.4) is 0 Å². The first-order valence-corrected chi connectivity index (χ1v) is 5.22. The van der Waals surface area contributed by atoms with Crippen LogP contribution < -0.4 is 5.48 Å². The summed E-state index contributed by atoms with van der Waals surface area (Å²) >= 11 is 0. The average molecular weight is 171 g/mol. The summed E-state index contributed by atoms with van der Waals surface area (Å²) in [6.07, 6.45) is 11.0. The quantitative estimate of drug-likeness (QED) is 0.645. The van der Waals surface area contributed by atoms with Crippen LogP contribution in [0, 0.1) is 0 Å². The molecule has 1 aliphatic carbocycles. The van der Waals surface area contributed by atoms with Crippen molar-refractivity contribution in [2.45, 2.75) is 57.4 Å². The van der Waals surface area contributed by atoms with Crippen LogP contribution in [-0.2, 0) is 4.84 Å². The second kappa shape index (κ2) is 6.44. The SMILES string of the molecule is CONC1CCCCCCCC1. The summed E-state index contributed by atoms with van der Waals surface area (Å²) in [6, 6.07) is 0.605. The summed E-state index contributed by atoms with van der Waals surface area (Å²) < 4.78 is 0. The van der Waals surface area contributed by atoms with Crippen LogP contribution in [-0.4, -0.2) is 13.2 Å². The van der Waals surface area contributed by atoms with Gasteiger partial charge in [-0.2, -0.15) is 5.48 Å². The van der Waals surface area contributed by atoms with Gasteiger partial charge in [0.1, 0.15) is 0 Å². The van der Waals surface area contributed by atoms with Gasteiger partial charge in [0.05, 0.1) is 7.11 Å². The molecule has 0 unspecified atom stereocenters. The zero-order valence-electron chi connectivity index (χ0n) is 8.14. The van der Waals surface area contributed by atoms with Crippen LogP contribution in [0.5, 0.6) is 0 Å². The largest absolute Gasteiger partial charge is 0.305 e. The fourth-order valence-electron chi connectivity index (χ4n) is 1.92. The number of hydroxylamine groups is 1. The molecule has 0 heterocycles. The molecule has 12 heavy (non-hydrogen) atoms. The maximum absolute atomic E-state index is 4.97. The molecular weight excluding hydrogens is 150 g/mol. The van der Waals surface area contributed by atoms with Gasteiger partial charge in [-0.25, -0.2) is 0 Å². The van der Waals surface area contributed by atoms with Crippen LogP contribution in [0.15, 0.2) is 0 Å². The van der Waals surface area contributed by atoms with E-state index in [9.17, 15) is 0 Å². The third-order valence-electron chi connectivity index (χ3n) is 2.64. The molecule has 72 valence electrons. The molecule has 0 radical (unpaired) electrons. The molecule has 0 amide bonds. The van der Waals surface area contributed by atoms with Gasteiger partial charge in [0.25, 0.3) is 0 Å². The highest BCUT2D eigenvalue weighted by Crippen LogP contribution is 2.16. The van der Waals surface area contributed by atoms with E-state index in [1.807, 2.05) is 0 Å². The van der Waals surface area contributed by atoms with Crippen molar-refractivity contribution in [1.82, 2.24) is 5.48 Å². The first kappa shape index (κ1) is 10.0. The number of rotatable bonds is 2. The Bertz CT molecular complexity index is 96.0. The lowest BCUT2D eigenvalue weighted by Gasteiger charge is -2.15. The second-order valence-corrected chi connectivity index (χ2v) is 3.72. The van der Waals surface area contributed by atoms with E-state index in [0.717, 1.165) is 0 Å². The van der Waals surface area contributed by atoms with Gasteiger partial charge in [-0.15, -0.1) is 0 Å². The summed E-state index contributed by atoms with van der Waals surface area (Å²) in [4.78, 5) is 4.97. The molecule has 0 atom stereocenters. The lowest BCUT2D eigenvalue weighted by atomic mass is 10.1. The first-order chi connectivity index (χ1) is 5.93. The van der Waals surface area contributed by atoms with Crippen molar-refractivity contribution in [3.63, 3.8) is 0 Å². The van der Waals surface area contributed by atoms with E-state index < -0.39 is 0 Å². The molecule has 0 aromatic rings. The molecule has 0 saturated heterocycles. The molecule has 1 fully saturated rings. The van der Waals surface area contributed by atoms with Crippen LogP contribution in [0.1, 0.15) is 51.4 Å². The van der Waals surface area contributed by atoms with Crippen LogP contribution in [0.2, 0.25) is 0 Å². The lowest BCUT2D eigenvalue weighted by Crippen LogP contribution is -2.27. The van der Waals surface area contributed by atoms with Gasteiger partial charge in [-0.1, -0.05) is 38.5 Å². The number of hydrogen-bond donors (Lipinski definition) is 1. The van der Waals surface area contributed by atoms with Crippen LogP contribution in [0.25, 0.3) is 0 Å². The van der Waals surface area contributed by atoms with E-state index in [2.05, 4.69) is 5.48 Å². The van der Waals surface area contributed by atoms with Gasteiger partial charge in [0.2, 0.25) is 0 Å². The minimum atomic E-state index is 0.605. The summed E-state index contributed by atoms with van der Waals surface area (Å²) in [5.74, 6) is 0. The fraction of sp³-hybridized carbons (Fsp3) is 1.00. The highest BCUT2D eigenvalue weighted by atomic mass is 16.6. The van der Waals surface area contributed by atoms with Crippen molar-refractivity contribution in [1.29, 1.82) is 0 Å². The van der Waals surface area contributed by atoms with E-state index in [1.165, 1.54) is 51.4 Å². The number of hydrogen-bond acceptors (Lipinski definition) is 2. The Hall–Kier alpha value is -0.0800. The Labute approximate surface area is 75.6 Å². The summed E-state index contributed by atoms with van der Waals surface area (Å²) in [5.41, 5.74) is 3.08. The summed E-state index contributed by atoms with van der Waals surface area (Å²) in [6.45, 7) is 0. The molecule has 1 saturated carbocycles. The smallest absolute Gasteiger partial charge is 0.0572 e. The Kier molecular flexibility index (Phi) is 5.37. The van der Waals surface area contributed by atoms with Gasteiger partial charge in [-0.05, 0) is 12.8 Å². The van der Waals surface area contributed by atoms with Crippen molar-refractivity contribution >= 4 is 0 Å². The standard InChI is InChI=1S/C10H21NO/c1-12-11-10-8-6-4-2-3-5-7-9-10/h10-11H,2-9H2,1H3. The highest BCUT2D eigenvalue weighted by molar-refractivity contribution is 4.65. The third kappa shape index (κ3) is 4.07. The van der Waals surface area contributed by atoms with Crippen molar-refractivity contribution in [3.05, 3.63) is 0 Å². The highest BCUT2D eigenvalue weighted by Gasteiger charge is 2.08. The third-order valence-corrected chi connectivity index (χ3v) is 2.64. The normalized spacial score (nSPS) is 22.8. The first-order valence-electron chi connectivity index (χ1n) is 5.22. The molecule has 0 aromatic carbocycles. The Morgan fingerprint density at radius 3 is 1.92 bits per heavy atom. The van der Waals surface area contributed by atoms with E-state index >= 15 is 0 Å². The van der Waals surface area contributed by atoms with Gasteiger partial charge in [0.15, 0.2) is 0 Å². The zero-order valence-corrected chi connectivity index (χ0v) is 8.14. The average Bonchev–Trinajstić information content (AvgIpc) is 2.19. The Balaban J connectivity index is 2.19. The van der Waals surface area contributed by atoms with Gasteiger partial charge in [0, 0.05) is 6.04 Å². The van der Waals surface area contributed by atoms with Gasteiger partial charge >= 0.3 is 0 Å². The molecule has 0 spiro atoms. The minimum absolute atomic E-state index is 0.605. The zero-order chi connectivity index (χ0) is 8.65. The molecule has 2 nitrogen and oxygen atoms in total.